The molecule has 126 valence electrons. The van der Waals surface area contributed by atoms with E-state index in [-0.39, 0.29) is 18.6 Å². The molecule has 1 amide bonds. The largest absolute Gasteiger partial charge is 0.485 e. The summed E-state index contributed by atoms with van der Waals surface area (Å²) >= 11 is 0. The fourth-order valence-electron chi connectivity index (χ4n) is 3.43. The van der Waals surface area contributed by atoms with E-state index in [0.717, 1.165) is 32.4 Å². The molecule has 1 aromatic carbocycles. The number of piperidine rings is 1. The number of fused-ring (bicyclic) bond motifs is 1. The van der Waals surface area contributed by atoms with E-state index in [1.54, 1.807) is 6.20 Å². The molecule has 6 heteroatoms. The Morgan fingerprint density at radius 3 is 2.92 bits per heavy atom. The molecule has 1 saturated heterocycles. The lowest BCUT2D eigenvalue weighted by atomic mass is 10.0. The Bertz CT molecular complexity index is 701. The zero-order chi connectivity index (χ0) is 16.4. The summed E-state index contributed by atoms with van der Waals surface area (Å²) in [6.07, 6.45) is 6.30. The van der Waals surface area contributed by atoms with Crippen molar-refractivity contribution in [3.05, 3.63) is 42.7 Å². The minimum atomic E-state index is -0.571. The average molecular weight is 327 g/mol. The van der Waals surface area contributed by atoms with Crippen molar-refractivity contribution >= 4 is 5.91 Å². The van der Waals surface area contributed by atoms with Gasteiger partial charge in [-0.2, -0.15) is 5.10 Å². The van der Waals surface area contributed by atoms with Crippen molar-refractivity contribution in [1.82, 2.24) is 14.7 Å². The smallest absolute Gasteiger partial charge is 0.267 e. The van der Waals surface area contributed by atoms with Gasteiger partial charge in [-0.05, 0) is 37.5 Å². The van der Waals surface area contributed by atoms with E-state index in [9.17, 15) is 4.79 Å². The van der Waals surface area contributed by atoms with E-state index in [1.807, 2.05) is 46.1 Å². The second-order valence-electron chi connectivity index (χ2n) is 6.27. The average Bonchev–Trinajstić information content (AvgIpc) is 3.14. The maximum Gasteiger partial charge on any atom is 0.267 e. The van der Waals surface area contributed by atoms with Crippen LogP contribution in [-0.4, -0.2) is 45.9 Å². The maximum atomic E-state index is 13.0. The first kappa shape index (κ1) is 15.1. The number of hydrogen-bond donors (Lipinski definition) is 0. The van der Waals surface area contributed by atoms with Gasteiger partial charge < -0.3 is 14.4 Å². The highest BCUT2D eigenvalue weighted by Gasteiger charge is 2.35. The highest BCUT2D eigenvalue weighted by atomic mass is 16.6. The van der Waals surface area contributed by atoms with Gasteiger partial charge in [0.05, 0.1) is 12.6 Å². The van der Waals surface area contributed by atoms with Crippen LogP contribution in [-0.2, 0) is 11.3 Å². The molecule has 3 heterocycles. The van der Waals surface area contributed by atoms with Gasteiger partial charge in [0, 0.05) is 18.9 Å². The number of carbonyl (C=O) groups is 1. The Morgan fingerprint density at radius 1 is 1.21 bits per heavy atom. The number of hydrogen-bond acceptors (Lipinski definition) is 4. The van der Waals surface area contributed by atoms with E-state index in [2.05, 4.69) is 5.10 Å². The zero-order valence-electron chi connectivity index (χ0n) is 13.5. The first-order valence-corrected chi connectivity index (χ1v) is 8.47. The topological polar surface area (TPSA) is 56.6 Å². The first-order chi connectivity index (χ1) is 11.8. The van der Waals surface area contributed by atoms with Crippen LogP contribution in [0.4, 0.5) is 0 Å². The Hall–Kier alpha value is -2.50. The van der Waals surface area contributed by atoms with E-state index in [4.69, 9.17) is 9.47 Å². The fraction of sp³-hybridized carbons (Fsp3) is 0.444. The van der Waals surface area contributed by atoms with Crippen molar-refractivity contribution in [3.8, 4) is 11.5 Å². The molecule has 0 aliphatic carbocycles. The molecule has 1 aromatic heterocycles. The summed E-state index contributed by atoms with van der Waals surface area (Å²) in [7, 11) is 0. The van der Waals surface area contributed by atoms with Crippen LogP contribution in [0, 0.1) is 0 Å². The lowest BCUT2D eigenvalue weighted by molar-refractivity contribution is -0.145. The van der Waals surface area contributed by atoms with Crippen molar-refractivity contribution in [1.29, 1.82) is 0 Å². The Balaban J connectivity index is 1.48. The molecule has 6 nitrogen and oxygen atoms in total. The van der Waals surface area contributed by atoms with Gasteiger partial charge in [-0.1, -0.05) is 12.1 Å². The number of carbonyl (C=O) groups excluding carboxylic acids is 1. The first-order valence-electron chi connectivity index (χ1n) is 8.47. The fourth-order valence-corrected chi connectivity index (χ4v) is 3.43. The summed E-state index contributed by atoms with van der Waals surface area (Å²) in [4.78, 5) is 14.9. The molecule has 24 heavy (non-hydrogen) atoms. The molecule has 2 unspecified atom stereocenters. The van der Waals surface area contributed by atoms with Crippen LogP contribution >= 0.6 is 0 Å². The molecule has 2 aliphatic heterocycles. The van der Waals surface area contributed by atoms with Gasteiger partial charge in [0.15, 0.2) is 11.5 Å². The number of likely N-dealkylation sites (tertiary alicyclic amines) is 1. The predicted molar refractivity (Wildman–Crippen MR) is 87.9 cm³/mol. The molecule has 2 aliphatic rings. The molecule has 0 N–H and O–H groups in total. The third kappa shape index (κ3) is 2.96. The monoisotopic (exact) mass is 327 g/mol. The molecule has 0 spiro atoms. The van der Waals surface area contributed by atoms with Gasteiger partial charge in [0.1, 0.15) is 6.61 Å². The predicted octanol–water partition coefficient (Wildman–Crippen LogP) is 2.10. The summed E-state index contributed by atoms with van der Waals surface area (Å²) < 4.78 is 13.5. The normalized spacial score (nSPS) is 23.1. The SMILES string of the molecule is O=C(C1COc2ccccc2O1)N1CCCCC1Cn1cccn1. The van der Waals surface area contributed by atoms with Gasteiger partial charge in [0.25, 0.3) is 5.91 Å². The molecule has 0 bridgehead atoms. The molecule has 0 saturated carbocycles. The number of para-hydroxylation sites is 2. The van der Waals surface area contributed by atoms with E-state index >= 15 is 0 Å². The Kier molecular flexibility index (Phi) is 4.11. The number of aromatic nitrogens is 2. The van der Waals surface area contributed by atoms with E-state index in [0.29, 0.717) is 11.5 Å². The van der Waals surface area contributed by atoms with Gasteiger partial charge in [-0.15, -0.1) is 0 Å². The summed E-state index contributed by atoms with van der Waals surface area (Å²) in [5, 5.41) is 4.27. The Morgan fingerprint density at radius 2 is 2.08 bits per heavy atom. The number of benzene rings is 1. The standard InChI is InChI=1S/C18H21N3O3/c22-18(17-13-23-15-7-1-2-8-16(15)24-17)21-11-4-3-6-14(21)12-20-10-5-9-19-20/h1-2,5,7-10,14,17H,3-4,6,11-13H2. The lowest BCUT2D eigenvalue weighted by Crippen LogP contribution is -2.53. The third-order valence-corrected chi connectivity index (χ3v) is 4.65. The summed E-state index contributed by atoms with van der Waals surface area (Å²) in [5.74, 6) is 1.36. The molecule has 1 fully saturated rings. The molecular weight excluding hydrogens is 306 g/mol. The lowest BCUT2D eigenvalue weighted by Gasteiger charge is -2.38. The molecule has 2 aromatic rings. The highest BCUT2D eigenvalue weighted by molar-refractivity contribution is 5.82. The zero-order valence-corrected chi connectivity index (χ0v) is 13.5. The van der Waals surface area contributed by atoms with Gasteiger partial charge in [0.2, 0.25) is 6.10 Å². The summed E-state index contributed by atoms with van der Waals surface area (Å²) in [6.45, 7) is 1.76. The number of rotatable bonds is 3. The Labute approximate surface area is 141 Å². The minimum absolute atomic E-state index is 0.0151. The van der Waals surface area contributed by atoms with E-state index in [1.165, 1.54) is 0 Å². The summed E-state index contributed by atoms with van der Waals surface area (Å²) in [6, 6.07) is 9.55. The van der Waals surface area contributed by atoms with Crippen LogP contribution in [0.2, 0.25) is 0 Å². The number of nitrogens with zero attached hydrogens (tertiary/aromatic N) is 3. The second-order valence-corrected chi connectivity index (χ2v) is 6.27. The second kappa shape index (κ2) is 6.55. The van der Waals surface area contributed by atoms with Crippen molar-refractivity contribution < 1.29 is 14.3 Å². The van der Waals surface area contributed by atoms with Crippen LogP contribution < -0.4 is 9.47 Å². The van der Waals surface area contributed by atoms with Crippen LogP contribution in [0.25, 0.3) is 0 Å². The van der Waals surface area contributed by atoms with Gasteiger partial charge >= 0.3 is 0 Å². The van der Waals surface area contributed by atoms with Crippen molar-refractivity contribution in [2.75, 3.05) is 13.2 Å². The van der Waals surface area contributed by atoms with Crippen LogP contribution in [0.5, 0.6) is 11.5 Å². The highest BCUT2D eigenvalue weighted by Crippen LogP contribution is 2.32. The number of ether oxygens (including phenoxy) is 2. The number of amides is 1. The van der Waals surface area contributed by atoms with Crippen molar-refractivity contribution in [2.24, 2.45) is 0 Å². The van der Waals surface area contributed by atoms with Crippen LogP contribution in [0.1, 0.15) is 19.3 Å². The van der Waals surface area contributed by atoms with Crippen LogP contribution in [0.3, 0.4) is 0 Å². The molecule has 0 radical (unpaired) electrons. The van der Waals surface area contributed by atoms with Crippen LogP contribution in [0.15, 0.2) is 42.7 Å². The summed E-state index contributed by atoms with van der Waals surface area (Å²) in [5.41, 5.74) is 0. The van der Waals surface area contributed by atoms with Crippen molar-refractivity contribution in [3.63, 3.8) is 0 Å². The minimum Gasteiger partial charge on any atom is -0.485 e. The molecule has 2 atom stereocenters. The van der Waals surface area contributed by atoms with Gasteiger partial charge in [-0.25, -0.2) is 0 Å². The molecule has 4 rings (SSSR count). The van der Waals surface area contributed by atoms with E-state index < -0.39 is 6.10 Å². The maximum absolute atomic E-state index is 13.0. The van der Waals surface area contributed by atoms with Gasteiger partial charge in [-0.3, -0.25) is 9.48 Å². The quantitative estimate of drug-likeness (QED) is 0.866. The molecular formula is C18H21N3O3. The third-order valence-electron chi connectivity index (χ3n) is 4.65. The van der Waals surface area contributed by atoms with Crippen molar-refractivity contribution in [2.45, 2.75) is 38.0 Å².